The molecule has 0 saturated heterocycles. The lowest BCUT2D eigenvalue weighted by Gasteiger charge is -2.14. The molecule has 1 aromatic rings. The number of fused-ring (bicyclic) bond motifs is 1. The zero-order chi connectivity index (χ0) is 13.0. The van der Waals surface area contributed by atoms with Gasteiger partial charge >= 0.3 is 0 Å². The summed E-state index contributed by atoms with van der Waals surface area (Å²) in [7, 11) is 0. The van der Waals surface area contributed by atoms with Gasteiger partial charge in [0.25, 0.3) is 0 Å². The first-order valence-electron chi connectivity index (χ1n) is 6.13. The van der Waals surface area contributed by atoms with Gasteiger partial charge in [0.15, 0.2) is 11.5 Å². The summed E-state index contributed by atoms with van der Waals surface area (Å²) in [6.45, 7) is 3.94. The first-order valence-corrected chi connectivity index (χ1v) is 6.50. The Morgan fingerprint density at radius 2 is 2.17 bits per heavy atom. The van der Waals surface area contributed by atoms with Crippen LogP contribution in [0.4, 0.5) is 0 Å². The minimum Gasteiger partial charge on any atom is -0.489 e. The van der Waals surface area contributed by atoms with Crippen LogP contribution >= 0.6 is 11.6 Å². The zero-order valence-electron chi connectivity index (χ0n) is 10.4. The van der Waals surface area contributed by atoms with Gasteiger partial charge in [0, 0.05) is 19.0 Å². The van der Waals surface area contributed by atoms with Crippen LogP contribution < -0.4 is 14.8 Å². The molecule has 2 rings (SSSR count). The molecule has 0 bridgehead atoms. The van der Waals surface area contributed by atoms with Crippen molar-refractivity contribution < 1.29 is 14.6 Å². The predicted molar refractivity (Wildman–Crippen MR) is 70.4 cm³/mol. The van der Waals surface area contributed by atoms with Gasteiger partial charge in [-0.25, -0.2) is 0 Å². The molecule has 0 spiro atoms. The molecule has 0 unspecified atom stereocenters. The van der Waals surface area contributed by atoms with E-state index < -0.39 is 0 Å². The smallest absolute Gasteiger partial charge is 0.179 e. The molecular weight excluding hydrogens is 254 g/mol. The monoisotopic (exact) mass is 271 g/mol. The summed E-state index contributed by atoms with van der Waals surface area (Å²) in [5.41, 5.74) is 1.02. The highest BCUT2D eigenvalue weighted by molar-refractivity contribution is 6.32. The molecule has 0 amide bonds. The third-order valence-corrected chi connectivity index (χ3v) is 3.07. The lowest BCUT2D eigenvalue weighted by Crippen LogP contribution is -2.28. The summed E-state index contributed by atoms with van der Waals surface area (Å²) < 4.78 is 11.2. The van der Waals surface area contributed by atoms with E-state index in [4.69, 9.17) is 26.2 Å². The fraction of sp³-hybridized carbons (Fsp3) is 0.538. The summed E-state index contributed by atoms with van der Waals surface area (Å²) in [6.07, 6.45) is 0.861. The van der Waals surface area contributed by atoms with Crippen LogP contribution in [0.2, 0.25) is 5.02 Å². The molecule has 2 N–H and O–H groups in total. The van der Waals surface area contributed by atoms with Crippen molar-refractivity contribution >= 4 is 11.6 Å². The largest absolute Gasteiger partial charge is 0.489 e. The number of aliphatic hydroxyl groups excluding tert-OH is 1. The van der Waals surface area contributed by atoms with Crippen molar-refractivity contribution in [2.24, 2.45) is 0 Å². The lowest BCUT2D eigenvalue weighted by atomic mass is 10.2. The minimum absolute atomic E-state index is 0.0553. The first kappa shape index (κ1) is 13.5. The number of nitrogens with one attached hydrogen (secondary N) is 1. The summed E-state index contributed by atoms with van der Waals surface area (Å²) in [6, 6.07) is 3.86. The Morgan fingerprint density at radius 1 is 1.39 bits per heavy atom. The van der Waals surface area contributed by atoms with Crippen LogP contribution in [0.3, 0.4) is 0 Å². The maximum Gasteiger partial charge on any atom is 0.179 e. The molecule has 0 fully saturated rings. The van der Waals surface area contributed by atoms with Crippen molar-refractivity contribution in [3.8, 4) is 11.5 Å². The van der Waals surface area contributed by atoms with Gasteiger partial charge in [-0.05, 0) is 24.6 Å². The molecule has 1 aromatic carbocycles. The molecule has 0 radical (unpaired) electrons. The van der Waals surface area contributed by atoms with Gasteiger partial charge in [0.2, 0.25) is 0 Å². The van der Waals surface area contributed by atoms with E-state index in [0.717, 1.165) is 12.0 Å². The van der Waals surface area contributed by atoms with Crippen molar-refractivity contribution in [1.82, 2.24) is 5.32 Å². The standard InChI is InChI=1S/C13H18ClNO3/c1-9(8-16)15-7-10-5-11(14)13-12(6-10)17-3-2-4-18-13/h5-6,9,15-16H,2-4,7-8H2,1H3/t9-/m1/s1. The van der Waals surface area contributed by atoms with E-state index in [2.05, 4.69) is 5.32 Å². The van der Waals surface area contributed by atoms with Crippen LogP contribution in [0.1, 0.15) is 18.9 Å². The molecule has 100 valence electrons. The van der Waals surface area contributed by atoms with E-state index in [9.17, 15) is 0 Å². The number of halogens is 1. The second kappa shape index (κ2) is 6.27. The summed E-state index contributed by atoms with van der Waals surface area (Å²) in [5, 5.41) is 12.7. The average molecular weight is 272 g/mol. The topological polar surface area (TPSA) is 50.7 Å². The number of benzene rings is 1. The molecule has 0 aliphatic carbocycles. The number of ether oxygens (including phenoxy) is 2. The van der Waals surface area contributed by atoms with Crippen molar-refractivity contribution in [3.63, 3.8) is 0 Å². The van der Waals surface area contributed by atoms with Crippen LogP contribution in [0.15, 0.2) is 12.1 Å². The van der Waals surface area contributed by atoms with E-state index >= 15 is 0 Å². The van der Waals surface area contributed by atoms with Gasteiger partial charge < -0.3 is 19.9 Å². The molecule has 0 saturated carbocycles. The van der Waals surface area contributed by atoms with E-state index in [0.29, 0.717) is 36.3 Å². The van der Waals surface area contributed by atoms with E-state index in [1.54, 1.807) is 0 Å². The maximum atomic E-state index is 8.96. The third kappa shape index (κ3) is 3.28. The molecule has 5 heteroatoms. The number of rotatable bonds is 4. The highest BCUT2D eigenvalue weighted by Gasteiger charge is 2.15. The van der Waals surface area contributed by atoms with Gasteiger partial charge in [-0.2, -0.15) is 0 Å². The fourth-order valence-corrected chi connectivity index (χ4v) is 2.03. The van der Waals surface area contributed by atoms with Crippen molar-refractivity contribution in [1.29, 1.82) is 0 Å². The number of aliphatic hydroxyl groups is 1. The minimum atomic E-state index is 0.0553. The van der Waals surface area contributed by atoms with Crippen LogP contribution in [0, 0.1) is 0 Å². The number of hydrogen-bond acceptors (Lipinski definition) is 4. The molecule has 1 atom stereocenters. The van der Waals surface area contributed by atoms with Crippen LogP contribution in [0.5, 0.6) is 11.5 Å². The van der Waals surface area contributed by atoms with Crippen molar-refractivity contribution in [3.05, 3.63) is 22.7 Å². The summed E-state index contributed by atoms with van der Waals surface area (Å²) in [4.78, 5) is 0. The Bertz CT molecular complexity index is 411. The zero-order valence-corrected chi connectivity index (χ0v) is 11.2. The van der Waals surface area contributed by atoms with Crippen LogP contribution in [-0.4, -0.2) is 31.0 Å². The second-order valence-electron chi connectivity index (χ2n) is 4.42. The Hall–Kier alpha value is -0.970. The highest BCUT2D eigenvalue weighted by Crippen LogP contribution is 2.37. The SMILES string of the molecule is C[C@H](CO)NCc1cc(Cl)c2c(c1)OCCCO2. The average Bonchev–Trinajstić information content (AvgIpc) is 2.61. The third-order valence-electron chi connectivity index (χ3n) is 2.79. The Morgan fingerprint density at radius 3 is 2.94 bits per heavy atom. The maximum absolute atomic E-state index is 8.96. The van der Waals surface area contributed by atoms with Crippen LogP contribution in [-0.2, 0) is 6.54 Å². The Balaban J connectivity index is 2.13. The molecule has 1 aliphatic rings. The van der Waals surface area contributed by atoms with Gasteiger partial charge in [-0.3, -0.25) is 0 Å². The predicted octanol–water partition coefficient (Wildman–Crippen LogP) is 1.97. The summed E-state index contributed by atoms with van der Waals surface area (Å²) >= 11 is 6.19. The lowest BCUT2D eigenvalue weighted by molar-refractivity contribution is 0.251. The van der Waals surface area contributed by atoms with Gasteiger partial charge in [0.05, 0.1) is 24.8 Å². The van der Waals surface area contributed by atoms with Gasteiger partial charge in [-0.15, -0.1) is 0 Å². The molecule has 0 aromatic heterocycles. The Kier molecular flexibility index (Phi) is 4.69. The molecule has 18 heavy (non-hydrogen) atoms. The number of hydrogen-bond donors (Lipinski definition) is 2. The van der Waals surface area contributed by atoms with Crippen molar-refractivity contribution in [2.75, 3.05) is 19.8 Å². The van der Waals surface area contributed by atoms with Crippen LogP contribution in [0.25, 0.3) is 0 Å². The fourth-order valence-electron chi connectivity index (χ4n) is 1.74. The summed E-state index contributed by atoms with van der Waals surface area (Å²) in [5.74, 6) is 1.33. The highest BCUT2D eigenvalue weighted by atomic mass is 35.5. The van der Waals surface area contributed by atoms with E-state index in [1.807, 2.05) is 19.1 Å². The van der Waals surface area contributed by atoms with Gasteiger partial charge in [-0.1, -0.05) is 11.6 Å². The Labute approximate surface area is 112 Å². The normalized spacial score (nSPS) is 16.2. The quantitative estimate of drug-likeness (QED) is 0.879. The molecule has 1 aliphatic heterocycles. The van der Waals surface area contributed by atoms with Gasteiger partial charge in [0.1, 0.15) is 0 Å². The van der Waals surface area contributed by atoms with E-state index in [-0.39, 0.29) is 12.6 Å². The second-order valence-corrected chi connectivity index (χ2v) is 4.83. The molecular formula is C13H18ClNO3. The molecule has 1 heterocycles. The van der Waals surface area contributed by atoms with E-state index in [1.165, 1.54) is 0 Å². The first-order chi connectivity index (χ1) is 8.70. The van der Waals surface area contributed by atoms with Crippen molar-refractivity contribution in [2.45, 2.75) is 25.9 Å². The molecule has 4 nitrogen and oxygen atoms in total.